The van der Waals surface area contributed by atoms with E-state index in [1.165, 1.54) is 55.2 Å². The summed E-state index contributed by atoms with van der Waals surface area (Å²) in [6.45, 7) is 17.3. The minimum Gasteiger partial charge on any atom is -0.393 e. The number of aliphatic hydroxyl groups excluding tert-OH is 2. The van der Waals surface area contributed by atoms with E-state index in [-0.39, 0.29) is 0 Å². The second kappa shape index (κ2) is 20.1. The van der Waals surface area contributed by atoms with Crippen LogP contribution in [0.4, 0.5) is 0 Å². The van der Waals surface area contributed by atoms with Crippen LogP contribution in [0.3, 0.4) is 0 Å². The molecule has 4 nitrogen and oxygen atoms in total. The number of fused-ring (bicyclic) bond motifs is 1. The summed E-state index contributed by atoms with van der Waals surface area (Å²) in [7, 11) is 1.71. The zero-order valence-corrected chi connectivity index (χ0v) is 27.5. The molecule has 0 aliphatic heterocycles. The van der Waals surface area contributed by atoms with Gasteiger partial charge >= 0.3 is 0 Å². The van der Waals surface area contributed by atoms with Gasteiger partial charge in [-0.25, -0.2) is 0 Å². The van der Waals surface area contributed by atoms with Crippen LogP contribution in [0.2, 0.25) is 0 Å². The molecule has 0 amide bonds. The number of aliphatic hydroxyl groups is 2. The summed E-state index contributed by atoms with van der Waals surface area (Å²) < 4.78 is 10.5. The van der Waals surface area contributed by atoms with E-state index in [0.29, 0.717) is 18.8 Å². The van der Waals surface area contributed by atoms with E-state index >= 15 is 0 Å². The van der Waals surface area contributed by atoms with Crippen molar-refractivity contribution >= 4 is 5.57 Å². The lowest BCUT2D eigenvalue weighted by atomic mass is 9.77. The maximum atomic E-state index is 9.88. The van der Waals surface area contributed by atoms with Gasteiger partial charge in [-0.2, -0.15) is 0 Å². The number of ether oxygens (including phenoxy) is 2. The fourth-order valence-electron chi connectivity index (χ4n) is 6.20. The first kappa shape index (κ1) is 36.2. The van der Waals surface area contributed by atoms with Gasteiger partial charge in [0, 0.05) is 26.7 Å². The third-order valence-corrected chi connectivity index (χ3v) is 8.71. The molecule has 236 valence electrons. The molecule has 42 heavy (non-hydrogen) atoms. The Kier molecular flexibility index (Phi) is 17.3. The van der Waals surface area contributed by atoms with Gasteiger partial charge in [-0.1, -0.05) is 94.3 Å². The van der Waals surface area contributed by atoms with Gasteiger partial charge in [-0.3, -0.25) is 0 Å². The summed E-state index contributed by atoms with van der Waals surface area (Å²) in [6, 6.07) is 10.5. The third kappa shape index (κ3) is 12.3. The van der Waals surface area contributed by atoms with Crippen LogP contribution in [-0.4, -0.2) is 49.4 Å². The first-order chi connectivity index (χ1) is 20.2. The normalized spacial score (nSPS) is 26.3. The Morgan fingerprint density at radius 1 is 1.05 bits per heavy atom. The van der Waals surface area contributed by atoms with E-state index in [0.717, 1.165) is 55.6 Å². The van der Waals surface area contributed by atoms with Crippen molar-refractivity contribution in [2.45, 2.75) is 111 Å². The van der Waals surface area contributed by atoms with Crippen molar-refractivity contribution in [2.75, 3.05) is 26.9 Å². The lowest BCUT2D eigenvalue weighted by molar-refractivity contribution is 0.0862. The molecule has 3 aliphatic carbocycles. The van der Waals surface area contributed by atoms with E-state index in [1.54, 1.807) is 12.7 Å². The topological polar surface area (TPSA) is 58.9 Å². The molecule has 0 radical (unpaired) electrons. The maximum Gasteiger partial charge on any atom is 0.0811 e. The van der Waals surface area contributed by atoms with Crippen molar-refractivity contribution in [3.05, 3.63) is 76.9 Å². The van der Waals surface area contributed by atoms with E-state index < -0.39 is 12.2 Å². The monoisotopic (exact) mass is 580 g/mol. The average Bonchev–Trinajstić information content (AvgIpc) is 3.47. The summed E-state index contributed by atoms with van der Waals surface area (Å²) in [5.74, 6) is 2.31. The van der Waals surface area contributed by atoms with Gasteiger partial charge in [-0.15, -0.1) is 0 Å². The molecule has 1 aromatic rings. The summed E-state index contributed by atoms with van der Waals surface area (Å²) in [5.41, 5.74) is 7.47. The van der Waals surface area contributed by atoms with Crippen LogP contribution in [0.25, 0.3) is 5.57 Å². The summed E-state index contributed by atoms with van der Waals surface area (Å²) in [5, 5.41) is 19.7. The molecule has 1 aromatic carbocycles. The number of rotatable bonds is 9. The fraction of sp³-hybridized carbons (Fsp3) is 0.632. The Labute approximate surface area is 257 Å². The Morgan fingerprint density at radius 2 is 1.76 bits per heavy atom. The highest BCUT2D eigenvalue weighted by atomic mass is 16.5. The van der Waals surface area contributed by atoms with Crippen molar-refractivity contribution in [3.63, 3.8) is 0 Å². The number of benzene rings is 1. The Morgan fingerprint density at radius 3 is 2.38 bits per heavy atom. The zero-order valence-electron chi connectivity index (χ0n) is 27.5. The van der Waals surface area contributed by atoms with Crippen molar-refractivity contribution in [1.82, 2.24) is 0 Å². The van der Waals surface area contributed by atoms with Crippen molar-refractivity contribution < 1.29 is 19.7 Å². The number of methoxy groups -OCH3 is 1. The second-order valence-electron chi connectivity index (χ2n) is 12.6. The number of hydrogen-bond acceptors (Lipinski definition) is 4. The Balaban J connectivity index is 0.000000256. The predicted octanol–water partition coefficient (Wildman–Crippen LogP) is 9.10. The number of hydrogen-bond donors (Lipinski definition) is 2. The van der Waals surface area contributed by atoms with Gasteiger partial charge in [0.2, 0.25) is 0 Å². The Bertz CT molecular complexity index is 1000. The molecule has 0 aromatic heterocycles. The van der Waals surface area contributed by atoms with Crippen molar-refractivity contribution in [1.29, 1.82) is 0 Å². The predicted molar refractivity (Wildman–Crippen MR) is 178 cm³/mol. The Hall–Kier alpha value is -1.98. The lowest BCUT2D eigenvalue weighted by Gasteiger charge is -2.29. The third-order valence-electron chi connectivity index (χ3n) is 8.71. The molecule has 4 heteroatoms. The quantitative estimate of drug-likeness (QED) is 0.306. The van der Waals surface area contributed by atoms with Gasteiger partial charge in [0.05, 0.1) is 18.8 Å². The van der Waals surface area contributed by atoms with Crippen LogP contribution >= 0.6 is 0 Å². The maximum absolute atomic E-state index is 9.88. The highest BCUT2D eigenvalue weighted by Gasteiger charge is 2.32. The highest BCUT2D eigenvalue weighted by molar-refractivity contribution is 5.69. The van der Waals surface area contributed by atoms with Crippen molar-refractivity contribution in [3.8, 4) is 0 Å². The van der Waals surface area contributed by atoms with Crippen LogP contribution in [0.5, 0.6) is 0 Å². The van der Waals surface area contributed by atoms with Crippen LogP contribution in [0.15, 0.2) is 71.4 Å². The molecular weight excluding hydrogens is 520 g/mol. The van der Waals surface area contributed by atoms with Gasteiger partial charge in [-0.05, 0) is 98.3 Å². The molecular formula is C38H60O4. The van der Waals surface area contributed by atoms with Crippen LogP contribution in [0, 0.1) is 17.8 Å². The van der Waals surface area contributed by atoms with Crippen LogP contribution < -0.4 is 0 Å². The van der Waals surface area contributed by atoms with E-state index in [9.17, 15) is 10.2 Å². The minimum atomic E-state index is -0.575. The van der Waals surface area contributed by atoms with E-state index in [1.807, 2.05) is 0 Å². The molecule has 3 fully saturated rings. The van der Waals surface area contributed by atoms with E-state index in [2.05, 4.69) is 83.7 Å². The van der Waals surface area contributed by atoms with E-state index in [4.69, 9.17) is 9.47 Å². The summed E-state index contributed by atoms with van der Waals surface area (Å²) in [4.78, 5) is 0. The SMILES string of the molecule is C=C1/C(=C\C=C2/CCCC3CCC[C@@H]23)C[C@@H](O)C[C@@H]1O.CC/C(C)=C(/COCC(C)C)c1ccccc1.CCCOC. The first-order valence-electron chi connectivity index (χ1n) is 16.5. The molecule has 4 atom stereocenters. The molecule has 4 rings (SSSR count). The second-order valence-corrected chi connectivity index (χ2v) is 12.6. The van der Waals surface area contributed by atoms with Crippen molar-refractivity contribution in [2.24, 2.45) is 17.8 Å². The van der Waals surface area contributed by atoms with Crippen LogP contribution in [0.1, 0.15) is 104 Å². The molecule has 2 N–H and O–H groups in total. The molecule has 1 unspecified atom stereocenters. The van der Waals surface area contributed by atoms with Gasteiger partial charge in [0.1, 0.15) is 0 Å². The largest absolute Gasteiger partial charge is 0.393 e. The smallest absolute Gasteiger partial charge is 0.0811 e. The molecule has 0 bridgehead atoms. The highest BCUT2D eigenvalue weighted by Crippen LogP contribution is 2.45. The lowest BCUT2D eigenvalue weighted by Crippen LogP contribution is -2.26. The molecule has 3 saturated carbocycles. The standard InChI is InChI=1S/C18H26O2.C16H24O.C4H10O/c1-12-15(10-16(19)11-18(12)20)9-8-14-5-2-4-13-6-3-7-17(13)14;1-5-14(4)16(12-17-11-13(2)3)15-9-7-6-8-10-15;1-3-4-5-2/h8-9,13,16-20H,1-7,10-11H2;6-10,13H,5,11-12H2,1-4H3;3-4H2,1-2H3/b14-8+,15-9-;16-14-;/t13?,16-,17-,18+;;/m1../s1. The first-order valence-corrected chi connectivity index (χ1v) is 16.5. The molecule has 0 saturated heterocycles. The summed E-state index contributed by atoms with van der Waals surface area (Å²) in [6.07, 6.45) is 14.7. The molecule has 3 aliphatic rings. The van der Waals surface area contributed by atoms with Crippen LogP contribution in [-0.2, 0) is 9.47 Å². The van der Waals surface area contributed by atoms with Gasteiger partial charge < -0.3 is 19.7 Å². The number of allylic oxidation sites excluding steroid dienone is 4. The minimum absolute atomic E-state index is 0.425. The molecule has 0 heterocycles. The average molecular weight is 581 g/mol. The summed E-state index contributed by atoms with van der Waals surface area (Å²) >= 11 is 0. The zero-order chi connectivity index (χ0) is 30.9. The fourth-order valence-corrected chi connectivity index (χ4v) is 6.20. The molecule has 0 spiro atoms. The van der Waals surface area contributed by atoms with Gasteiger partial charge in [0.25, 0.3) is 0 Å². The van der Waals surface area contributed by atoms with Gasteiger partial charge in [0.15, 0.2) is 0 Å².